The molecular weight excluding hydrogens is 585 g/mol. The largest absolute Gasteiger partial charge is 0.436 e. The Hall–Kier alpha value is -5.98. The molecule has 0 aliphatic heterocycles. The zero-order valence-corrected chi connectivity index (χ0v) is 25.3. The lowest BCUT2D eigenvalue weighted by molar-refractivity contribution is 0.620. The first-order chi connectivity index (χ1) is 22.8. The summed E-state index contributed by atoms with van der Waals surface area (Å²) in [6.07, 6.45) is 0. The van der Waals surface area contributed by atoms with Crippen LogP contribution in [-0.4, -0.2) is 19.9 Å². The molecule has 5 nitrogen and oxygen atoms in total. The minimum atomic E-state index is 0.632. The number of rotatable bonds is 5. The van der Waals surface area contributed by atoms with Crippen LogP contribution in [0.15, 0.2) is 150 Å². The monoisotopic (exact) mass is 608 g/mol. The van der Waals surface area contributed by atoms with Crippen LogP contribution in [0.1, 0.15) is 0 Å². The topological polar surface area (TPSA) is 64.7 Å². The number of oxazole rings is 1. The average Bonchev–Trinajstić information content (AvgIpc) is 3.72. The first-order valence-corrected chi connectivity index (χ1v) is 15.9. The number of aromatic nitrogens is 4. The SMILES string of the molecule is c1ccc(-c2nc(-c3ccccc3)nc(-c3cccc(-c4cccc5sc6cc7oc(-c8ccccc8)nc7cc6c45)c3)n2)cc1. The van der Waals surface area contributed by atoms with Crippen molar-refractivity contribution in [2.24, 2.45) is 0 Å². The van der Waals surface area contributed by atoms with Crippen molar-refractivity contribution in [3.8, 4) is 56.7 Å². The van der Waals surface area contributed by atoms with Gasteiger partial charge >= 0.3 is 0 Å². The van der Waals surface area contributed by atoms with Gasteiger partial charge in [-0.05, 0) is 41.5 Å². The molecule has 216 valence electrons. The number of thiophene rings is 1. The van der Waals surface area contributed by atoms with Crippen molar-refractivity contribution in [2.45, 2.75) is 0 Å². The quantitative estimate of drug-likeness (QED) is 0.194. The summed E-state index contributed by atoms with van der Waals surface area (Å²) in [5.74, 6) is 2.56. The maximum atomic E-state index is 6.20. The van der Waals surface area contributed by atoms with Crippen LogP contribution in [0, 0.1) is 0 Å². The van der Waals surface area contributed by atoms with E-state index in [0.29, 0.717) is 23.4 Å². The molecule has 0 unspecified atom stereocenters. The van der Waals surface area contributed by atoms with Crippen LogP contribution >= 0.6 is 11.3 Å². The first-order valence-electron chi connectivity index (χ1n) is 15.1. The molecule has 46 heavy (non-hydrogen) atoms. The summed E-state index contributed by atoms with van der Waals surface area (Å²) >= 11 is 1.77. The zero-order chi connectivity index (χ0) is 30.5. The number of fused-ring (bicyclic) bond motifs is 4. The van der Waals surface area contributed by atoms with E-state index in [1.54, 1.807) is 11.3 Å². The zero-order valence-electron chi connectivity index (χ0n) is 24.5. The fourth-order valence-corrected chi connectivity index (χ4v) is 7.10. The van der Waals surface area contributed by atoms with Crippen molar-refractivity contribution in [3.05, 3.63) is 146 Å². The van der Waals surface area contributed by atoms with Gasteiger partial charge in [0.15, 0.2) is 23.1 Å². The van der Waals surface area contributed by atoms with Gasteiger partial charge < -0.3 is 4.42 Å². The molecule has 0 N–H and O–H groups in total. The van der Waals surface area contributed by atoms with Crippen LogP contribution in [0.2, 0.25) is 0 Å². The molecule has 0 spiro atoms. The Kier molecular flexibility index (Phi) is 6.25. The van der Waals surface area contributed by atoms with E-state index in [-0.39, 0.29) is 0 Å². The molecule has 0 fully saturated rings. The van der Waals surface area contributed by atoms with E-state index >= 15 is 0 Å². The highest BCUT2D eigenvalue weighted by molar-refractivity contribution is 7.26. The summed E-state index contributed by atoms with van der Waals surface area (Å²) < 4.78 is 8.58. The van der Waals surface area contributed by atoms with Crippen molar-refractivity contribution >= 4 is 42.6 Å². The second-order valence-corrected chi connectivity index (χ2v) is 12.2. The smallest absolute Gasteiger partial charge is 0.227 e. The second-order valence-electron chi connectivity index (χ2n) is 11.1. The number of benzene rings is 6. The van der Waals surface area contributed by atoms with Crippen molar-refractivity contribution < 1.29 is 4.42 Å². The predicted molar refractivity (Wildman–Crippen MR) is 187 cm³/mol. The molecule has 9 aromatic rings. The third-order valence-electron chi connectivity index (χ3n) is 8.16. The molecule has 3 aromatic heterocycles. The number of nitrogens with zero attached hydrogens (tertiary/aromatic N) is 4. The maximum absolute atomic E-state index is 6.20. The van der Waals surface area contributed by atoms with Gasteiger partial charge in [-0.15, -0.1) is 11.3 Å². The van der Waals surface area contributed by atoms with Crippen LogP contribution in [-0.2, 0) is 0 Å². The van der Waals surface area contributed by atoms with E-state index in [1.807, 2.05) is 91.0 Å². The predicted octanol–water partition coefficient (Wildman–Crippen LogP) is 10.7. The molecule has 0 atom stereocenters. The Labute approximate surface area is 268 Å². The van der Waals surface area contributed by atoms with Crippen LogP contribution in [0.3, 0.4) is 0 Å². The van der Waals surface area contributed by atoms with Crippen LogP contribution in [0.5, 0.6) is 0 Å². The van der Waals surface area contributed by atoms with Crippen molar-refractivity contribution in [2.75, 3.05) is 0 Å². The molecule has 6 aromatic carbocycles. The molecule has 0 bridgehead atoms. The Morgan fingerprint density at radius 2 is 1.00 bits per heavy atom. The summed E-state index contributed by atoms with van der Waals surface area (Å²) in [5.41, 5.74) is 7.67. The van der Waals surface area contributed by atoms with Crippen LogP contribution in [0.25, 0.3) is 88.0 Å². The summed E-state index contributed by atoms with van der Waals surface area (Å²) in [6, 6.07) is 49.4. The second kappa shape index (κ2) is 10.9. The van der Waals surface area contributed by atoms with Gasteiger partial charge in [0.05, 0.1) is 0 Å². The fraction of sp³-hybridized carbons (Fsp3) is 0. The summed E-state index contributed by atoms with van der Waals surface area (Å²) in [6.45, 7) is 0. The van der Waals surface area contributed by atoms with Gasteiger partial charge in [0.2, 0.25) is 5.89 Å². The highest BCUT2D eigenvalue weighted by Gasteiger charge is 2.17. The normalized spacial score (nSPS) is 11.5. The highest BCUT2D eigenvalue weighted by Crippen LogP contribution is 2.42. The van der Waals surface area contributed by atoms with E-state index in [9.17, 15) is 0 Å². The van der Waals surface area contributed by atoms with Gasteiger partial charge in [-0.1, -0.05) is 109 Å². The van der Waals surface area contributed by atoms with E-state index in [2.05, 4.69) is 54.6 Å². The molecule has 0 aliphatic carbocycles. The number of hydrogen-bond acceptors (Lipinski definition) is 6. The van der Waals surface area contributed by atoms with Gasteiger partial charge in [0, 0.05) is 48.5 Å². The van der Waals surface area contributed by atoms with Crippen molar-refractivity contribution in [3.63, 3.8) is 0 Å². The summed E-state index contributed by atoms with van der Waals surface area (Å²) in [5, 5.41) is 2.37. The third kappa shape index (κ3) is 4.64. The van der Waals surface area contributed by atoms with Crippen LogP contribution in [0.4, 0.5) is 0 Å². The molecule has 0 saturated carbocycles. The van der Waals surface area contributed by atoms with Crippen LogP contribution < -0.4 is 0 Å². The Bertz CT molecular complexity index is 2470. The molecule has 0 radical (unpaired) electrons. The van der Waals surface area contributed by atoms with E-state index in [0.717, 1.165) is 44.5 Å². The number of hydrogen-bond donors (Lipinski definition) is 0. The average molecular weight is 609 g/mol. The molecule has 0 saturated heterocycles. The van der Waals surface area contributed by atoms with E-state index in [1.165, 1.54) is 20.2 Å². The fourth-order valence-electron chi connectivity index (χ4n) is 5.96. The Balaban J connectivity index is 1.19. The molecule has 3 heterocycles. The molecule has 0 amide bonds. The molecule has 9 rings (SSSR count). The maximum Gasteiger partial charge on any atom is 0.227 e. The summed E-state index contributed by atoms with van der Waals surface area (Å²) in [7, 11) is 0. The molecule has 0 aliphatic rings. The van der Waals surface area contributed by atoms with Gasteiger partial charge in [-0.25, -0.2) is 19.9 Å². The van der Waals surface area contributed by atoms with Gasteiger partial charge in [-0.3, -0.25) is 0 Å². The lowest BCUT2D eigenvalue weighted by Crippen LogP contribution is -2.00. The minimum absolute atomic E-state index is 0.632. The van der Waals surface area contributed by atoms with E-state index < -0.39 is 0 Å². The first kappa shape index (κ1) is 26.4. The van der Waals surface area contributed by atoms with Gasteiger partial charge in [-0.2, -0.15) is 0 Å². The summed E-state index contributed by atoms with van der Waals surface area (Å²) in [4.78, 5) is 19.6. The minimum Gasteiger partial charge on any atom is -0.436 e. The van der Waals surface area contributed by atoms with Crippen molar-refractivity contribution in [1.29, 1.82) is 0 Å². The van der Waals surface area contributed by atoms with Gasteiger partial charge in [0.25, 0.3) is 0 Å². The lowest BCUT2D eigenvalue weighted by Gasteiger charge is -2.10. The van der Waals surface area contributed by atoms with Crippen molar-refractivity contribution in [1.82, 2.24) is 19.9 Å². The lowest BCUT2D eigenvalue weighted by atomic mass is 9.97. The third-order valence-corrected chi connectivity index (χ3v) is 9.27. The Morgan fingerprint density at radius 3 is 1.67 bits per heavy atom. The van der Waals surface area contributed by atoms with Gasteiger partial charge in [0.1, 0.15) is 5.52 Å². The Morgan fingerprint density at radius 1 is 0.435 bits per heavy atom. The molecule has 6 heteroatoms. The standard InChI is InChI=1S/C40H24N4OS/c1-4-12-25(13-5-1)37-42-38(26-14-6-2-7-15-26)44-39(43-37)29-19-10-18-28(22-29)30-20-11-21-34-36(30)31-23-32-33(24-35(31)46-34)45-40(41-32)27-16-8-3-9-17-27/h1-24H. The highest BCUT2D eigenvalue weighted by atomic mass is 32.1. The van der Waals surface area contributed by atoms with E-state index in [4.69, 9.17) is 24.4 Å². The molecular formula is C40H24N4OS.